The van der Waals surface area contributed by atoms with E-state index >= 15 is 0 Å². The summed E-state index contributed by atoms with van der Waals surface area (Å²) in [5, 5.41) is 10.1. The molecular formula is C14H16N2. The lowest BCUT2D eigenvalue weighted by Gasteiger charge is -2.18. The number of aromatic nitrogens is 1. The van der Waals surface area contributed by atoms with Crippen LogP contribution in [0.3, 0.4) is 0 Å². The zero-order chi connectivity index (χ0) is 11.9. The Morgan fingerprint density at radius 2 is 1.94 bits per heavy atom. The van der Waals surface area contributed by atoms with E-state index in [2.05, 4.69) is 50.0 Å². The smallest absolute Gasteiger partial charge is 0.121 e. The third kappa shape index (κ3) is 1.59. The molecule has 82 valence electrons. The molecule has 1 aromatic heterocycles. The van der Waals surface area contributed by atoms with Crippen LogP contribution in [0.15, 0.2) is 18.2 Å². The Balaban J connectivity index is 2.72. The Labute approximate surface area is 95.9 Å². The van der Waals surface area contributed by atoms with Gasteiger partial charge in [0.2, 0.25) is 0 Å². The monoisotopic (exact) mass is 212 g/mol. The first-order chi connectivity index (χ1) is 7.43. The Morgan fingerprint density at radius 3 is 2.50 bits per heavy atom. The van der Waals surface area contributed by atoms with Crippen LogP contribution in [0.1, 0.15) is 37.6 Å². The summed E-state index contributed by atoms with van der Waals surface area (Å²) in [6.07, 6.45) is 0. The number of nitrogens with zero attached hydrogens (tertiary/aromatic N) is 1. The van der Waals surface area contributed by atoms with Crippen LogP contribution in [0.25, 0.3) is 10.9 Å². The molecule has 0 saturated heterocycles. The molecule has 0 radical (unpaired) electrons. The summed E-state index contributed by atoms with van der Waals surface area (Å²) in [6, 6.07) is 8.55. The van der Waals surface area contributed by atoms with Crippen molar-refractivity contribution >= 4 is 10.9 Å². The minimum absolute atomic E-state index is 0.144. The van der Waals surface area contributed by atoms with Gasteiger partial charge in [-0.25, -0.2) is 0 Å². The van der Waals surface area contributed by atoms with Crippen LogP contribution in [-0.2, 0) is 5.41 Å². The first kappa shape index (κ1) is 10.8. The van der Waals surface area contributed by atoms with Crippen molar-refractivity contribution in [2.24, 2.45) is 0 Å². The molecule has 0 atom stereocenters. The fourth-order valence-electron chi connectivity index (χ4n) is 1.90. The van der Waals surface area contributed by atoms with Crippen molar-refractivity contribution in [2.45, 2.75) is 33.1 Å². The molecule has 0 bridgehead atoms. The fraction of sp³-hybridized carbons (Fsp3) is 0.357. The summed E-state index contributed by atoms with van der Waals surface area (Å²) in [6.45, 7) is 8.58. The molecule has 0 amide bonds. The number of nitrogens with one attached hydrogen (secondary N) is 1. The van der Waals surface area contributed by atoms with E-state index in [1.165, 1.54) is 5.56 Å². The first-order valence-electron chi connectivity index (χ1n) is 5.46. The van der Waals surface area contributed by atoms with Crippen molar-refractivity contribution in [2.75, 3.05) is 0 Å². The van der Waals surface area contributed by atoms with Gasteiger partial charge in [-0.15, -0.1) is 0 Å². The maximum Gasteiger partial charge on any atom is 0.121 e. The van der Waals surface area contributed by atoms with Crippen molar-refractivity contribution in [1.29, 1.82) is 5.26 Å². The van der Waals surface area contributed by atoms with Crippen molar-refractivity contribution in [1.82, 2.24) is 4.98 Å². The number of aromatic amines is 1. The summed E-state index contributed by atoms with van der Waals surface area (Å²) in [5.74, 6) is 0. The Morgan fingerprint density at radius 1 is 1.25 bits per heavy atom. The summed E-state index contributed by atoms with van der Waals surface area (Å²) >= 11 is 0. The number of H-pyrrole nitrogens is 1. The quantitative estimate of drug-likeness (QED) is 0.711. The molecule has 0 fully saturated rings. The summed E-state index contributed by atoms with van der Waals surface area (Å²) in [7, 11) is 0. The number of fused-ring (bicyclic) bond motifs is 1. The van der Waals surface area contributed by atoms with E-state index in [1.807, 2.05) is 6.92 Å². The number of rotatable bonds is 0. The van der Waals surface area contributed by atoms with Crippen molar-refractivity contribution in [3.63, 3.8) is 0 Å². The van der Waals surface area contributed by atoms with Gasteiger partial charge in [0, 0.05) is 10.9 Å². The van der Waals surface area contributed by atoms with Gasteiger partial charge < -0.3 is 4.98 Å². The topological polar surface area (TPSA) is 39.6 Å². The lowest BCUT2D eigenvalue weighted by molar-refractivity contribution is 0.591. The van der Waals surface area contributed by atoms with E-state index in [9.17, 15) is 0 Å². The van der Waals surface area contributed by atoms with Crippen molar-refractivity contribution in [3.8, 4) is 6.07 Å². The lowest BCUT2D eigenvalue weighted by atomic mass is 9.86. The minimum Gasteiger partial charge on any atom is -0.346 e. The highest BCUT2D eigenvalue weighted by Gasteiger charge is 2.15. The van der Waals surface area contributed by atoms with Gasteiger partial charge in [0.25, 0.3) is 0 Å². The normalized spacial score (nSPS) is 11.7. The molecule has 0 aliphatic heterocycles. The number of benzene rings is 1. The average molecular weight is 212 g/mol. The summed E-state index contributed by atoms with van der Waals surface area (Å²) in [4.78, 5) is 3.13. The Kier molecular flexibility index (Phi) is 2.27. The molecule has 0 saturated carbocycles. The molecule has 2 nitrogen and oxygen atoms in total. The SMILES string of the molecule is Cc1c(C#N)[nH]c2ccc(C(C)(C)C)cc12. The van der Waals surface area contributed by atoms with Gasteiger partial charge in [-0.2, -0.15) is 5.26 Å². The van der Waals surface area contributed by atoms with Crippen LogP contribution in [0.5, 0.6) is 0 Å². The second-order valence-corrected chi connectivity index (χ2v) is 5.25. The highest BCUT2D eigenvalue weighted by atomic mass is 14.7. The molecule has 2 heteroatoms. The highest BCUT2D eigenvalue weighted by molar-refractivity contribution is 5.86. The van der Waals surface area contributed by atoms with Gasteiger partial charge in [0.05, 0.1) is 0 Å². The van der Waals surface area contributed by atoms with Gasteiger partial charge in [0.1, 0.15) is 11.8 Å². The molecule has 0 spiro atoms. The van der Waals surface area contributed by atoms with E-state index in [0.717, 1.165) is 16.5 Å². The van der Waals surface area contributed by atoms with Gasteiger partial charge in [0.15, 0.2) is 0 Å². The van der Waals surface area contributed by atoms with E-state index in [-0.39, 0.29) is 5.41 Å². The van der Waals surface area contributed by atoms with E-state index in [1.54, 1.807) is 0 Å². The van der Waals surface area contributed by atoms with Crippen LogP contribution in [0.2, 0.25) is 0 Å². The van der Waals surface area contributed by atoms with Gasteiger partial charge in [-0.05, 0) is 35.6 Å². The molecule has 2 rings (SSSR count). The maximum atomic E-state index is 8.97. The van der Waals surface area contributed by atoms with Gasteiger partial charge in [-0.1, -0.05) is 26.8 Å². The van der Waals surface area contributed by atoms with E-state index in [0.29, 0.717) is 5.69 Å². The average Bonchev–Trinajstić information content (AvgIpc) is 2.54. The van der Waals surface area contributed by atoms with Gasteiger partial charge >= 0.3 is 0 Å². The third-order valence-corrected chi connectivity index (χ3v) is 3.04. The molecule has 1 aromatic carbocycles. The molecular weight excluding hydrogens is 196 g/mol. The van der Waals surface area contributed by atoms with Crippen LogP contribution in [-0.4, -0.2) is 4.98 Å². The Hall–Kier alpha value is -1.75. The number of nitriles is 1. The largest absolute Gasteiger partial charge is 0.346 e. The fourth-order valence-corrected chi connectivity index (χ4v) is 1.90. The molecule has 1 heterocycles. The van der Waals surface area contributed by atoms with Crippen LogP contribution < -0.4 is 0 Å². The van der Waals surface area contributed by atoms with Gasteiger partial charge in [-0.3, -0.25) is 0 Å². The Bertz CT molecular complexity index is 577. The molecule has 0 aliphatic rings. The number of aryl methyl sites for hydroxylation is 1. The number of hydrogen-bond acceptors (Lipinski definition) is 1. The van der Waals surface area contributed by atoms with Crippen LogP contribution >= 0.6 is 0 Å². The zero-order valence-electron chi connectivity index (χ0n) is 10.2. The molecule has 0 unspecified atom stereocenters. The molecule has 16 heavy (non-hydrogen) atoms. The van der Waals surface area contributed by atoms with Crippen LogP contribution in [0, 0.1) is 18.3 Å². The first-order valence-corrected chi connectivity index (χ1v) is 5.46. The van der Waals surface area contributed by atoms with Crippen molar-refractivity contribution < 1.29 is 0 Å². The lowest BCUT2D eigenvalue weighted by Crippen LogP contribution is -2.10. The second-order valence-electron chi connectivity index (χ2n) is 5.25. The standard InChI is InChI=1S/C14H16N2/c1-9-11-7-10(14(2,3)4)5-6-12(11)16-13(9)8-15/h5-7,16H,1-4H3. The predicted octanol–water partition coefficient (Wildman–Crippen LogP) is 3.65. The zero-order valence-corrected chi connectivity index (χ0v) is 10.2. The third-order valence-electron chi connectivity index (χ3n) is 3.04. The summed E-state index contributed by atoms with van der Waals surface area (Å²) < 4.78 is 0. The highest BCUT2D eigenvalue weighted by Crippen LogP contribution is 2.28. The maximum absolute atomic E-state index is 8.97. The minimum atomic E-state index is 0.144. The van der Waals surface area contributed by atoms with Crippen LogP contribution in [0.4, 0.5) is 0 Å². The summed E-state index contributed by atoms with van der Waals surface area (Å²) in [5.41, 5.74) is 4.20. The predicted molar refractivity (Wildman–Crippen MR) is 66.5 cm³/mol. The molecule has 2 aromatic rings. The van der Waals surface area contributed by atoms with E-state index < -0.39 is 0 Å². The molecule has 1 N–H and O–H groups in total. The second kappa shape index (κ2) is 3.38. The van der Waals surface area contributed by atoms with E-state index in [4.69, 9.17) is 5.26 Å². The van der Waals surface area contributed by atoms with Crippen molar-refractivity contribution in [3.05, 3.63) is 35.0 Å². The number of hydrogen-bond donors (Lipinski definition) is 1. The molecule has 0 aliphatic carbocycles.